The summed E-state index contributed by atoms with van der Waals surface area (Å²) >= 11 is 0. The Morgan fingerprint density at radius 2 is 1.68 bits per heavy atom. The summed E-state index contributed by atoms with van der Waals surface area (Å²) in [6.45, 7) is 2.27. The summed E-state index contributed by atoms with van der Waals surface area (Å²) in [7, 11) is 0. The van der Waals surface area contributed by atoms with Crippen molar-refractivity contribution in [3.8, 4) is 0 Å². The molecule has 1 unspecified atom stereocenters. The minimum Gasteiger partial charge on any atom is -0.349 e. The molecule has 1 atom stereocenters. The van der Waals surface area contributed by atoms with Crippen molar-refractivity contribution in [1.29, 1.82) is 0 Å². The summed E-state index contributed by atoms with van der Waals surface area (Å²) in [4.78, 5) is 7.33. The number of imidazole rings is 1. The molecule has 0 aliphatic heterocycles. The van der Waals surface area contributed by atoms with Gasteiger partial charge in [0.15, 0.2) is 0 Å². The SMILES string of the molecule is CCCCCCCCCCCC(N)Cc1ncc[nH]1. The van der Waals surface area contributed by atoms with Crippen LogP contribution in [0.3, 0.4) is 0 Å². The Hall–Kier alpha value is -0.830. The van der Waals surface area contributed by atoms with Gasteiger partial charge in [-0.25, -0.2) is 4.98 Å². The molecule has 0 saturated heterocycles. The second kappa shape index (κ2) is 11.0. The highest BCUT2D eigenvalue weighted by Gasteiger charge is 2.05. The van der Waals surface area contributed by atoms with Crippen LogP contribution in [0.15, 0.2) is 12.4 Å². The monoisotopic (exact) mass is 265 g/mol. The summed E-state index contributed by atoms with van der Waals surface area (Å²) in [5.74, 6) is 1.02. The molecule has 19 heavy (non-hydrogen) atoms. The van der Waals surface area contributed by atoms with E-state index in [1.54, 1.807) is 6.20 Å². The van der Waals surface area contributed by atoms with Crippen LogP contribution in [0, 0.1) is 0 Å². The molecule has 0 saturated carbocycles. The van der Waals surface area contributed by atoms with Crippen LogP contribution in [0.25, 0.3) is 0 Å². The molecule has 0 fully saturated rings. The fourth-order valence-corrected chi connectivity index (χ4v) is 2.48. The predicted molar refractivity (Wildman–Crippen MR) is 82.1 cm³/mol. The van der Waals surface area contributed by atoms with Gasteiger partial charge >= 0.3 is 0 Å². The third-order valence-corrected chi connectivity index (χ3v) is 3.69. The van der Waals surface area contributed by atoms with E-state index in [0.29, 0.717) is 0 Å². The summed E-state index contributed by atoms with van der Waals surface area (Å²) in [5, 5.41) is 0. The first-order valence-electron chi connectivity index (χ1n) is 8.06. The number of aromatic amines is 1. The minimum atomic E-state index is 0.260. The Kier molecular flexibility index (Phi) is 9.42. The molecule has 3 N–H and O–H groups in total. The van der Waals surface area contributed by atoms with Crippen LogP contribution in [0.5, 0.6) is 0 Å². The van der Waals surface area contributed by atoms with E-state index < -0.39 is 0 Å². The summed E-state index contributed by atoms with van der Waals surface area (Å²) < 4.78 is 0. The van der Waals surface area contributed by atoms with Gasteiger partial charge in [-0.3, -0.25) is 0 Å². The second-order valence-corrected chi connectivity index (χ2v) is 5.62. The van der Waals surface area contributed by atoms with Gasteiger partial charge in [0.05, 0.1) is 0 Å². The maximum atomic E-state index is 6.10. The van der Waals surface area contributed by atoms with E-state index in [2.05, 4.69) is 16.9 Å². The lowest BCUT2D eigenvalue weighted by molar-refractivity contribution is 0.518. The number of H-pyrrole nitrogens is 1. The van der Waals surface area contributed by atoms with Crippen molar-refractivity contribution in [2.24, 2.45) is 5.73 Å². The first-order valence-corrected chi connectivity index (χ1v) is 8.06. The van der Waals surface area contributed by atoms with Crippen LogP contribution < -0.4 is 5.73 Å². The van der Waals surface area contributed by atoms with Gasteiger partial charge in [-0.1, -0.05) is 64.7 Å². The molecule has 0 amide bonds. The summed E-state index contributed by atoms with van der Waals surface area (Å²) in [6, 6.07) is 0.260. The highest BCUT2D eigenvalue weighted by atomic mass is 14.9. The molecule has 1 rings (SSSR count). The first-order chi connectivity index (χ1) is 9.33. The highest BCUT2D eigenvalue weighted by molar-refractivity contribution is 4.90. The molecule has 1 aromatic heterocycles. The summed E-state index contributed by atoms with van der Waals surface area (Å²) in [6.07, 6.45) is 18.0. The van der Waals surface area contributed by atoms with Gasteiger partial charge in [-0.15, -0.1) is 0 Å². The number of nitrogens with one attached hydrogen (secondary N) is 1. The zero-order valence-corrected chi connectivity index (χ0v) is 12.5. The molecule has 0 spiro atoms. The molecular formula is C16H31N3. The lowest BCUT2D eigenvalue weighted by Gasteiger charge is -2.09. The molecule has 0 bridgehead atoms. The van der Waals surface area contributed by atoms with Crippen LogP contribution >= 0.6 is 0 Å². The van der Waals surface area contributed by atoms with Crippen LogP contribution in [0.1, 0.15) is 77.0 Å². The molecule has 1 heterocycles. The van der Waals surface area contributed by atoms with E-state index in [1.165, 1.54) is 57.8 Å². The third kappa shape index (κ3) is 8.82. The molecule has 0 radical (unpaired) electrons. The quantitative estimate of drug-likeness (QED) is 0.556. The van der Waals surface area contributed by atoms with Gasteiger partial charge in [0.25, 0.3) is 0 Å². The number of unbranched alkanes of at least 4 members (excludes halogenated alkanes) is 8. The van der Waals surface area contributed by atoms with E-state index in [-0.39, 0.29) is 6.04 Å². The number of aromatic nitrogens is 2. The molecule has 0 aromatic carbocycles. The lowest BCUT2D eigenvalue weighted by Crippen LogP contribution is -2.23. The van der Waals surface area contributed by atoms with E-state index in [9.17, 15) is 0 Å². The van der Waals surface area contributed by atoms with Gasteiger partial charge in [0.2, 0.25) is 0 Å². The van der Waals surface area contributed by atoms with Crippen molar-refractivity contribution in [3.05, 3.63) is 18.2 Å². The fraction of sp³-hybridized carbons (Fsp3) is 0.812. The third-order valence-electron chi connectivity index (χ3n) is 3.69. The predicted octanol–water partition coefficient (Wildman–Crippen LogP) is 4.20. The lowest BCUT2D eigenvalue weighted by atomic mass is 10.0. The van der Waals surface area contributed by atoms with Crippen molar-refractivity contribution in [3.63, 3.8) is 0 Å². The van der Waals surface area contributed by atoms with E-state index in [4.69, 9.17) is 5.73 Å². The molecule has 0 aliphatic rings. The van der Waals surface area contributed by atoms with Crippen molar-refractivity contribution in [2.45, 2.75) is 83.6 Å². The van der Waals surface area contributed by atoms with Crippen molar-refractivity contribution in [1.82, 2.24) is 9.97 Å². The van der Waals surface area contributed by atoms with Crippen LogP contribution in [-0.4, -0.2) is 16.0 Å². The normalized spacial score (nSPS) is 12.7. The topological polar surface area (TPSA) is 54.7 Å². The van der Waals surface area contributed by atoms with E-state index >= 15 is 0 Å². The smallest absolute Gasteiger partial charge is 0.107 e. The Morgan fingerprint density at radius 3 is 2.26 bits per heavy atom. The van der Waals surface area contributed by atoms with Gasteiger partial charge in [-0.2, -0.15) is 0 Å². The highest BCUT2D eigenvalue weighted by Crippen LogP contribution is 2.11. The zero-order valence-electron chi connectivity index (χ0n) is 12.5. The molecule has 3 heteroatoms. The Labute approximate surface area is 118 Å². The van der Waals surface area contributed by atoms with E-state index in [0.717, 1.165) is 18.7 Å². The van der Waals surface area contributed by atoms with Gasteiger partial charge < -0.3 is 10.7 Å². The van der Waals surface area contributed by atoms with Crippen molar-refractivity contribution < 1.29 is 0 Å². The number of nitrogens with two attached hydrogens (primary N) is 1. The zero-order chi connectivity index (χ0) is 13.8. The van der Waals surface area contributed by atoms with Gasteiger partial charge in [-0.05, 0) is 6.42 Å². The first kappa shape index (κ1) is 16.2. The second-order valence-electron chi connectivity index (χ2n) is 5.62. The molecule has 3 nitrogen and oxygen atoms in total. The standard InChI is InChI=1S/C16H31N3/c1-2-3-4-5-6-7-8-9-10-11-15(17)14-16-18-12-13-19-16/h12-13,15H,2-11,14,17H2,1H3,(H,18,19). The molecule has 1 aromatic rings. The van der Waals surface area contributed by atoms with Crippen LogP contribution in [-0.2, 0) is 6.42 Å². The molecule has 0 aliphatic carbocycles. The van der Waals surface area contributed by atoms with Gasteiger partial charge in [0.1, 0.15) is 5.82 Å². The minimum absolute atomic E-state index is 0.260. The van der Waals surface area contributed by atoms with Crippen LogP contribution in [0.2, 0.25) is 0 Å². The Morgan fingerprint density at radius 1 is 1.05 bits per heavy atom. The maximum Gasteiger partial charge on any atom is 0.107 e. The summed E-state index contributed by atoms with van der Waals surface area (Å²) in [5.41, 5.74) is 6.10. The molecular weight excluding hydrogens is 234 g/mol. The number of nitrogens with zero attached hydrogens (tertiary/aromatic N) is 1. The van der Waals surface area contributed by atoms with Crippen molar-refractivity contribution >= 4 is 0 Å². The molecule has 110 valence electrons. The average molecular weight is 265 g/mol. The Balaban J connectivity index is 1.85. The Bertz CT molecular complexity index is 282. The maximum absolute atomic E-state index is 6.10. The number of hydrogen-bond acceptors (Lipinski definition) is 2. The van der Waals surface area contributed by atoms with Crippen LogP contribution in [0.4, 0.5) is 0 Å². The number of hydrogen-bond donors (Lipinski definition) is 2. The average Bonchev–Trinajstić information content (AvgIpc) is 2.89. The fourth-order valence-electron chi connectivity index (χ4n) is 2.48. The van der Waals surface area contributed by atoms with Gasteiger partial charge in [0, 0.05) is 24.9 Å². The number of rotatable bonds is 12. The van der Waals surface area contributed by atoms with E-state index in [1.807, 2.05) is 6.20 Å². The van der Waals surface area contributed by atoms with Crippen molar-refractivity contribution in [2.75, 3.05) is 0 Å². The largest absolute Gasteiger partial charge is 0.349 e.